The van der Waals surface area contributed by atoms with E-state index in [1.807, 2.05) is 127 Å². The van der Waals surface area contributed by atoms with Crippen molar-refractivity contribution >= 4 is 153 Å². The standard InChI is InChI=1S/C24H28FN3O2.C22H26ClNO2.C21H17N3O2.C18H20N2OS2.C15H15N3O3S.C12H8N4O4S/c1-26-18-28(21-6-3-2-4-7-21)24(23(26)30)13-16-27(17-14-24)15-5-8-22(29)19-9-11-20(25)12-10-19;1-17-4-8-19(9-5-17)22(26)12-15-24(16-13-22)14-2-3-21(25)18-6-10-20(23)11-7-18;1-14-10-17(25)11-20(26)18(14)12-22-16-7-5-15(6-8-16)19-13-24-9-3-2-4-21(24)23-19;1-5-20-14-7-6-12(9-15-16(21)19-17(22)23-15)8-13(14)11(2)10-18(20,3)4;1-2-3-4-8-5-6-10(22-8)9-7-11(19)16-13-12(9)14(20)18-15(21)17-13;17-16(18)11-7-3-4-8-12(11)21(19,20)15-10-6-2-1-5-9(10)13-14-15/h2-4,6-7,9-12H,5,8,13-18H2,1H3;4-11,26H,2-3,12-16H2,1H3;2-13,25-26H,1H3;6-10H,5H2,1-4H3,(H,19,21,22);5-7H,2-4H2,1H3,(H3,16,17,18,19,20,21);1-8H/b;;;15-9-;;. The van der Waals surface area contributed by atoms with Crippen LogP contribution in [0, 0.1) is 29.8 Å². The van der Waals surface area contributed by atoms with Gasteiger partial charge in [0.05, 0.1) is 44.4 Å². The van der Waals surface area contributed by atoms with Crippen LogP contribution in [-0.4, -0.2) is 187 Å². The van der Waals surface area contributed by atoms with E-state index in [-0.39, 0.29) is 63.0 Å². The number of phenols is 2. The number of aromatic nitrogens is 8. The normalized spacial score (nSPS) is 15.5. The van der Waals surface area contributed by atoms with Gasteiger partial charge < -0.3 is 54.5 Å². The van der Waals surface area contributed by atoms with Crippen LogP contribution < -0.4 is 31.9 Å². The molecule has 15 aromatic rings. The number of ketones is 2. The average molecular weight is 2090 g/mol. The number of aliphatic hydroxyl groups is 1. The molecule has 4 fully saturated rings. The molecule has 0 unspecified atom stereocenters. The maximum absolute atomic E-state index is 13.1. The van der Waals surface area contributed by atoms with Gasteiger partial charge in [0.25, 0.3) is 27.2 Å². The van der Waals surface area contributed by atoms with E-state index < -0.39 is 47.9 Å². The van der Waals surface area contributed by atoms with E-state index in [4.69, 9.17) is 23.8 Å². The van der Waals surface area contributed by atoms with Crippen molar-refractivity contribution in [3.8, 4) is 33.2 Å². The third kappa shape index (κ3) is 25.9. The Morgan fingerprint density at radius 2 is 1.36 bits per heavy atom. The fraction of sp³-hybridized carbons (Fsp3) is 0.268. The minimum absolute atomic E-state index is 0.00701. The molecule has 0 saturated carbocycles. The van der Waals surface area contributed by atoms with Gasteiger partial charge in [0.1, 0.15) is 49.5 Å². The molecule has 0 bridgehead atoms. The number of thiocarbonyl (C=S) groups is 1. The number of nitro groups is 1. The smallest absolute Gasteiger partial charge is 0.327 e. The number of thiophene rings is 1. The summed E-state index contributed by atoms with van der Waals surface area (Å²) in [5.74, 6) is 0.0203. The first-order chi connectivity index (χ1) is 71.0. The highest BCUT2D eigenvalue weighted by atomic mass is 35.5. The lowest BCUT2D eigenvalue weighted by Gasteiger charge is -2.43. The molecule has 6 aromatic heterocycles. The maximum atomic E-state index is 13.1. The zero-order valence-corrected chi connectivity index (χ0v) is 87.0. The van der Waals surface area contributed by atoms with Crippen LogP contribution in [0.15, 0.2) is 290 Å². The third-order valence-corrected chi connectivity index (χ3v) is 30.8. The van der Waals surface area contributed by atoms with Crippen LogP contribution in [0.2, 0.25) is 5.02 Å². The lowest BCUT2D eigenvalue weighted by Crippen LogP contribution is -2.56. The number of amides is 2. The number of aliphatic imine (C=N–C) groups is 1. The van der Waals surface area contributed by atoms with Crippen molar-refractivity contribution in [2.24, 2.45) is 4.99 Å². The molecule has 0 radical (unpaired) electrons. The summed E-state index contributed by atoms with van der Waals surface area (Å²) in [7, 11) is -2.32. The molecule has 30 nitrogen and oxygen atoms in total. The molecule has 1 spiro atoms. The van der Waals surface area contributed by atoms with Gasteiger partial charge in [-0.1, -0.05) is 157 Å². The van der Waals surface area contributed by atoms with E-state index in [0.717, 1.165) is 165 Å². The fourth-order valence-electron chi connectivity index (χ4n) is 18.8. The van der Waals surface area contributed by atoms with Crippen molar-refractivity contribution in [3.63, 3.8) is 0 Å². The summed E-state index contributed by atoms with van der Waals surface area (Å²) in [5, 5.41) is 52.3. The van der Waals surface area contributed by atoms with E-state index in [2.05, 4.69) is 150 Å². The van der Waals surface area contributed by atoms with Gasteiger partial charge in [0.2, 0.25) is 11.5 Å². The number of carbonyl (C=O) groups excluding carboxylic acids is 4. The number of H-pyrrole nitrogens is 3. The summed E-state index contributed by atoms with van der Waals surface area (Å²) in [6, 6.07) is 71.0. The van der Waals surface area contributed by atoms with Crippen LogP contribution in [0.3, 0.4) is 0 Å². The second-order valence-corrected chi connectivity index (χ2v) is 42.3. The van der Waals surface area contributed by atoms with Crippen molar-refractivity contribution in [1.29, 1.82) is 0 Å². The number of aromatic hydroxyl groups is 2. The number of nitrogens with one attached hydrogen (secondary N) is 4. The number of aromatic amines is 3. The first-order valence-electron chi connectivity index (χ1n) is 48.6. The SMILES string of the molecule is CCCCc1ccc(-c2cc(=O)[nH]c3[nH]c(=O)[nH]c(=O)c23)s1.CCN1c2ccc(/C=C3\SC(=S)NC3=O)cc2C(C)=CC1(C)C.CN1CN(c2ccccc2)C2(CCN(CCCC(=O)c3ccc(F)cc3)CC2)C1=O.Cc1cc(O)cc(O)c1C=Nc1ccc(-c2cn3ccccc3n2)cc1.Cc1ccc(C2(O)CCN(CCCC(=O)c3ccc(Cl)cc3)CC2)cc1.O=[N+]([O-])c1ccccc1S(=O)(=O)n1nnc2ccccc21. The Labute approximate surface area is 873 Å². The van der Waals surface area contributed by atoms with Gasteiger partial charge in [0, 0.05) is 149 Å². The second kappa shape index (κ2) is 47.8. The number of hydrogen-bond acceptors (Lipinski definition) is 25. The van der Waals surface area contributed by atoms with E-state index in [0.29, 0.717) is 65.4 Å². The molecule has 9 aromatic carbocycles. The Morgan fingerprint density at radius 3 is 2.01 bits per heavy atom. The van der Waals surface area contributed by atoms with Crippen molar-refractivity contribution < 1.29 is 52.2 Å². The van der Waals surface area contributed by atoms with E-state index in [1.54, 1.807) is 78.2 Å². The van der Waals surface area contributed by atoms with Gasteiger partial charge in [-0.2, -0.15) is 8.42 Å². The zero-order chi connectivity index (χ0) is 105. The van der Waals surface area contributed by atoms with Crippen LogP contribution in [0.25, 0.3) is 61.1 Å². The highest BCUT2D eigenvalue weighted by Crippen LogP contribution is 2.43. The Hall–Kier alpha value is -14.8. The quantitative estimate of drug-likeness (QED) is 0.00737. The number of Topliss-reactive ketones (excluding diaryl/α,β-unsaturated/α-hetero) is 2. The molecular weight excluding hydrogens is 1980 g/mol. The fourth-order valence-corrected chi connectivity index (χ4v) is 22.4. The van der Waals surface area contributed by atoms with E-state index in [9.17, 15) is 71.8 Å². The number of imidazole rings is 1. The molecule has 5 aliphatic heterocycles. The van der Waals surface area contributed by atoms with Crippen LogP contribution in [-0.2, 0) is 31.6 Å². The van der Waals surface area contributed by atoms with Gasteiger partial charge in [-0.05, 0) is 268 Å². The average Bonchev–Trinajstić information content (AvgIpc) is 1.61. The number of nitro benzene ring substituents is 1. The number of anilines is 2. The molecule has 11 heterocycles. The van der Waals surface area contributed by atoms with Crippen LogP contribution >= 0.6 is 46.9 Å². The summed E-state index contributed by atoms with van der Waals surface area (Å²) < 4.78 is 41.4. The van der Waals surface area contributed by atoms with Gasteiger partial charge in [-0.3, -0.25) is 53.8 Å². The molecule has 4 saturated heterocycles. The number of hydrogen-bond donors (Lipinski definition) is 7. The lowest BCUT2D eigenvalue weighted by molar-refractivity contribution is -0.387. The molecule has 764 valence electrons. The van der Waals surface area contributed by atoms with Gasteiger partial charge in [-0.25, -0.2) is 14.2 Å². The summed E-state index contributed by atoms with van der Waals surface area (Å²) in [6.45, 7) is 21.5. The van der Waals surface area contributed by atoms with Crippen molar-refractivity contribution in [1.82, 2.24) is 58.8 Å². The van der Waals surface area contributed by atoms with Gasteiger partial charge in [-0.15, -0.1) is 20.5 Å². The molecule has 20 rings (SSSR count). The van der Waals surface area contributed by atoms with Crippen LogP contribution in [0.5, 0.6) is 11.5 Å². The van der Waals surface area contributed by atoms with Crippen molar-refractivity contribution in [2.75, 3.05) is 69.3 Å². The van der Waals surface area contributed by atoms with Crippen LogP contribution in [0.1, 0.15) is 158 Å². The third-order valence-electron chi connectivity index (χ3n) is 26.5. The van der Waals surface area contributed by atoms with E-state index in [1.165, 1.54) is 87.6 Å². The first-order valence-corrected chi connectivity index (χ1v) is 52.5. The number of pyridine rings is 2. The molecule has 36 heteroatoms. The number of halogens is 2. The zero-order valence-electron chi connectivity index (χ0n) is 83.0. The number of carbonyl (C=O) groups is 4. The molecule has 2 amide bonds. The highest BCUT2D eigenvalue weighted by Gasteiger charge is 2.53. The number of piperidine rings is 2. The summed E-state index contributed by atoms with van der Waals surface area (Å²) in [4.78, 5) is 124. The summed E-state index contributed by atoms with van der Waals surface area (Å²) >= 11 is 13.8. The number of fused-ring (bicyclic) bond motifs is 4. The molecule has 148 heavy (non-hydrogen) atoms. The lowest BCUT2D eigenvalue weighted by atomic mass is 9.84. The number of likely N-dealkylation sites (N-methyl/N-ethyl adjacent to an activating group) is 2. The van der Waals surface area contributed by atoms with Crippen molar-refractivity contribution in [3.05, 3.63) is 368 Å². The predicted octanol–water partition coefficient (Wildman–Crippen LogP) is 20.4. The predicted molar refractivity (Wildman–Crippen MR) is 588 cm³/mol. The number of rotatable bonds is 24. The first kappa shape index (κ1) is 107. The number of likely N-dealkylation sites (tertiary alicyclic amines) is 2. The number of nitrogens with zero attached hydrogens (tertiary/aromatic N) is 12. The Balaban J connectivity index is 0.000000133. The molecular formula is C112H114ClFN16O14S4. The largest absolute Gasteiger partial charge is 0.508 e. The maximum Gasteiger partial charge on any atom is 0.327 e. The monoisotopic (exact) mass is 2090 g/mol. The Kier molecular flexibility index (Phi) is 34.7. The summed E-state index contributed by atoms with van der Waals surface area (Å²) in [5.41, 5.74) is 12.5. The molecule has 7 N–H and O–H groups in total. The number of para-hydroxylation sites is 3. The molecule has 0 atom stereocenters. The number of benzene rings is 9. The minimum atomic E-state index is -4.20. The number of aryl methyl sites for hydroxylation is 3. The topological polar surface area (TPSA) is 393 Å². The van der Waals surface area contributed by atoms with E-state index >= 15 is 0 Å². The van der Waals surface area contributed by atoms with Crippen LogP contribution in [0.4, 0.5) is 27.1 Å². The number of phenolic OH excluding ortho intramolecular Hbond substituents is 2. The molecule has 0 aliphatic carbocycles. The highest BCUT2D eigenvalue weighted by molar-refractivity contribution is 8.26. The van der Waals surface area contributed by atoms with Gasteiger partial charge in [0.15, 0.2) is 16.5 Å². The minimum Gasteiger partial charge on any atom is -0.508 e. The van der Waals surface area contributed by atoms with Gasteiger partial charge >= 0.3 is 5.69 Å². The number of thioether (sulfide) groups is 1. The summed E-state index contributed by atoms with van der Waals surface area (Å²) in [6.07, 6.45) is 18.6. The van der Waals surface area contributed by atoms with Crippen molar-refractivity contribution in [2.45, 2.75) is 141 Å². The number of unbranched alkanes of at least 4 members (excludes halogenated alkanes) is 1. The molecule has 5 aliphatic rings. The Morgan fingerprint density at radius 1 is 0.709 bits per heavy atom. The Bertz CT molecular complexity index is 7750. The second-order valence-electron chi connectivity index (χ2n) is 37.3. The number of allylic oxidation sites excluding steroid dienone is 1.